The van der Waals surface area contributed by atoms with E-state index in [2.05, 4.69) is 41.0 Å². The van der Waals surface area contributed by atoms with E-state index >= 15 is 0 Å². The number of rotatable bonds is 3. The van der Waals surface area contributed by atoms with E-state index in [4.69, 9.17) is 0 Å². The van der Waals surface area contributed by atoms with Gasteiger partial charge in [-0.2, -0.15) is 0 Å². The zero-order valence-corrected chi connectivity index (χ0v) is 13.5. The normalized spacial score (nSPS) is 18.2. The Kier molecular flexibility index (Phi) is 4.63. The number of hydrogen-bond acceptors (Lipinski definition) is 4. The molecular weight excluding hydrogens is 248 g/mol. The van der Waals surface area contributed by atoms with Crippen LogP contribution < -0.4 is 5.32 Å². The molecule has 4 nitrogen and oxygen atoms in total. The van der Waals surface area contributed by atoms with Gasteiger partial charge in [-0.25, -0.2) is 9.97 Å². The summed E-state index contributed by atoms with van der Waals surface area (Å²) in [6, 6.07) is 1.98. The van der Waals surface area contributed by atoms with E-state index in [9.17, 15) is 0 Å². The molecule has 1 fully saturated rings. The molecule has 0 radical (unpaired) electrons. The smallest absolute Gasteiger partial charge is 0.144 e. The van der Waals surface area contributed by atoms with E-state index in [1.54, 1.807) is 0 Å². The van der Waals surface area contributed by atoms with Crippen molar-refractivity contribution in [2.45, 2.75) is 47.1 Å². The van der Waals surface area contributed by atoms with Crippen molar-refractivity contribution in [1.29, 1.82) is 0 Å². The van der Waals surface area contributed by atoms with Crippen LogP contribution in [0, 0.1) is 18.3 Å². The van der Waals surface area contributed by atoms with E-state index < -0.39 is 0 Å². The van der Waals surface area contributed by atoms with Gasteiger partial charge in [0, 0.05) is 18.8 Å². The van der Waals surface area contributed by atoms with Gasteiger partial charge in [-0.05, 0) is 44.2 Å². The van der Waals surface area contributed by atoms with Gasteiger partial charge in [-0.15, -0.1) is 0 Å². The predicted octanol–water partition coefficient (Wildman–Crippen LogP) is 3.08. The molecule has 0 unspecified atom stereocenters. The molecule has 2 heterocycles. The number of piperidine rings is 1. The standard InChI is InChI=1S/C16H28N4/c1-12-10-14(17-5)19-15(18-12)11-20-8-6-13(7-9-20)16(2,3)4/h10,13H,6-9,11H2,1-5H3,(H,17,18,19). The lowest BCUT2D eigenvalue weighted by Crippen LogP contribution is -2.37. The van der Waals surface area contributed by atoms with Gasteiger partial charge in [0.15, 0.2) is 0 Å². The highest BCUT2D eigenvalue weighted by Crippen LogP contribution is 2.34. The lowest BCUT2D eigenvalue weighted by molar-refractivity contribution is 0.106. The number of aryl methyl sites for hydroxylation is 1. The first-order valence-electron chi connectivity index (χ1n) is 7.63. The molecule has 20 heavy (non-hydrogen) atoms. The topological polar surface area (TPSA) is 41.1 Å². The zero-order chi connectivity index (χ0) is 14.8. The van der Waals surface area contributed by atoms with Gasteiger partial charge in [0.1, 0.15) is 11.6 Å². The number of hydrogen-bond donors (Lipinski definition) is 1. The van der Waals surface area contributed by atoms with Crippen LogP contribution in [-0.2, 0) is 6.54 Å². The molecule has 0 amide bonds. The van der Waals surface area contributed by atoms with Crippen molar-refractivity contribution in [2.24, 2.45) is 11.3 Å². The molecule has 1 aliphatic rings. The Hall–Kier alpha value is -1.16. The average molecular weight is 276 g/mol. The fourth-order valence-electron chi connectivity index (χ4n) is 2.99. The van der Waals surface area contributed by atoms with Gasteiger partial charge < -0.3 is 5.32 Å². The molecule has 1 saturated heterocycles. The van der Waals surface area contributed by atoms with Crippen LogP contribution in [0.15, 0.2) is 6.07 Å². The maximum absolute atomic E-state index is 4.55. The summed E-state index contributed by atoms with van der Waals surface area (Å²) in [5.74, 6) is 2.69. The van der Waals surface area contributed by atoms with E-state index in [-0.39, 0.29) is 0 Å². The molecule has 0 aliphatic carbocycles. The highest BCUT2D eigenvalue weighted by molar-refractivity contribution is 5.34. The molecule has 1 aromatic rings. The molecule has 1 N–H and O–H groups in total. The Morgan fingerprint density at radius 3 is 2.45 bits per heavy atom. The summed E-state index contributed by atoms with van der Waals surface area (Å²) >= 11 is 0. The fraction of sp³-hybridized carbons (Fsp3) is 0.750. The summed E-state index contributed by atoms with van der Waals surface area (Å²) in [7, 11) is 1.90. The SMILES string of the molecule is CNc1cc(C)nc(CN2CCC(C(C)(C)C)CC2)n1. The summed E-state index contributed by atoms with van der Waals surface area (Å²) in [5, 5.41) is 3.10. The fourth-order valence-corrected chi connectivity index (χ4v) is 2.99. The Balaban J connectivity index is 1.94. The summed E-state index contributed by atoms with van der Waals surface area (Å²) < 4.78 is 0. The van der Waals surface area contributed by atoms with Gasteiger partial charge >= 0.3 is 0 Å². The van der Waals surface area contributed by atoms with Crippen LogP contribution in [0.4, 0.5) is 5.82 Å². The maximum Gasteiger partial charge on any atom is 0.144 e. The van der Waals surface area contributed by atoms with E-state index in [1.165, 1.54) is 12.8 Å². The van der Waals surface area contributed by atoms with Crippen molar-refractivity contribution in [3.63, 3.8) is 0 Å². The summed E-state index contributed by atoms with van der Waals surface area (Å²) in [4.78, 5) is 11.6. The minimum atomic E-state index is 0.436. The van der Waals surface area contributed by atoms with Crippen molar-refractivity contribution >= 4 is 5.82 Å². The number of likely N-dealkylation sites (tertiary alicyclic amines) is 1. The van der Waals surface area contributed by atoms with Gasteiger partial charge in [0.05, 0.1) is 6.54 Å². The molecule has 0 aromatic carbocycles. The van der Waals surface area contributed by atoms with Crippen molar-refractivity contribution < 1.29 is 0 Å². The van der Waals surface area contributed by atoms with Crippen LogP contribution >= 0.6 is 0 Å². The van der Waals surface area contributed by atoms with E-state index in [0.29, 0.717) is 5.41 Å². The molecule has 1 aromatic heterocycles. The van der Waals surface area contributed by atoms with Crippen LogP contribution in [0.2, 0.25) is 0 Å². The van der Waals surface area contributed by atoms with Gasteiger partial charge in [-0.1, -0.05) is 20.8 Å². The zero-order valence-electron chi connectivity index (χ0n) is 13.5. The Morgan fingerprint density at radius 2 is 1.90 bits per heavy atom. The van der Waals surface area contributed by atoms with Crippen molar-refractivity contribution in [3.05, 3.63) is 17.6 Å². The van der Waals surface area contributed by atoms with E-state index in [1.807, 2.05) is 20.0 Å². The highest BCUT2D eigenvalue weighted by atomic mass is 15.2. The first-order valence-corrected chi connectivity index (χ1v) is 7.63. The van der Waals surface area contributed by atoms with Gasteiger partial charge in [-0.3, -0.25) is 4.90 Å². The Bertz CT molecular complexity index is 442. The van der Waals surface area contributed by atoms with Crippen LogP contribution in [0.25, 0.3) is 0 Å². The van der Waals surface area contributed by atoms with Crippen LogP contribution in [0.1, 0.15) is 45.1 Å². The lowest BCUT2D eigenvalue weighted by atomic mass is 9.75. The molecule has 0 spiro atoms. The molecule has 4 heteroatoms. The number of nitrogens with one attached hydrogen (secondary N) is 1. The summed E-state index contributed by atoms with van der Waals surface area (Å²) in [6.07, 6.45) is 2.57. The molecule has 1 aliphatic heterocycles. The Labute approximate surface area is 123 Å². The molecule has 2 rings (SSSR count). The first-order chi connectivity index (χ1) is 9.38. The van der Waals surface area contributed by atoms with Crippen molar-refractivity contribution in [1.82, 2.24) is 14.9 Å². The monoisotopic (exact) mass is 276 g/mol. The number of nitrogens with zero attached hydrogens (tertiary/aromatic N) is 3. The van der Waals surface area contributed by atoms with Crippen LogP contribution in [0.5, 0.6) is 0 Å². The van der Waals surface area contributed by atoms with Gasteiger partial charge in [0.25, 0.3) is 0 Å². The highest BCUT2D eigenvalue weighted by Gasteiger charge is 2.28. The van der Waals surface area contributed by atoms with Crippen molar-refractivity contribution in [2.75, 3.05) is 25.5 Å². The lowest BCUT2D eigenvalue weighted by Gasteiger charge is -2.38. The predicted molar refractivity (Wildman–Crippen MR) is 83.8 cm³/mol. The number of anilines is 1. The van der Waals surface area contributed by atoms with Crippen LogP contribution in [-0.4, -0.2) is 35.0 Å². The van der Waals surface area contributed by atoms with Gasteiger partial charge in [0.2, 0.25) is 0 Å². The second-order valence-corrected chi connectivity index (χ2v) is 6.98. The average Bonchev–Trinajstić information content (AvgIpc) is 2.37. The summed E-state index contributed by atoms with van der Waals surface area (Å²) in [6.45, 7) is 12.3. The first kappa shape index (κ1) is 15.2. The molecular formula is C16H28N4. The molecule has 112 valence electrons. The number of aromatic nitrogens is 2. The minimum absolute atomic E-state index is 0.436. The van der Waals surface area contributed by atoms with Crippen LogP contribution in [0.3, 0.4) is 0 Å². The van der Waals surface area contributed by atoms with Crippen molar-refractivity contribution in [3.8, 4) is 0 Å². The second kappa shape index (κ2) is 6.08. The molecule has 0 bridgehead atoms. The second-order valence-electron chi connectivity index (χ2n) is 6.98. The molecule has 0 atom stereocenters. The third-order valence-electron chi connectivity index (χ3n) is 4.33. The summed E-state index contributed by atoms with van der Waals surface area (Å²) in [5.41, 5.74) is 1.47. The third kappa shape index (κ3) is 3.92. The molecule has 0 saturated carbocycles. The maximum atomic E-state index is 4.55. The third-order valence-corrected chi connectivity index (χ3v) is 4.33. The Morgan fingerprint density at radius 1 is 1.25 bits per heavy atom. The minimum Gasteiger partial charge on any atom is -0.373 e. The van der Waals surface area contributed by atoms with E-state index in [0.717, 1.165) is 42.9 Å². The largest absolute Gasteiger partial charge is 0.373 e. The quantitative estimate of drug-likeness (QED) is 0.921.